The molecule has 16 heavy (non-hydrogen) atoms. The summed E-state index contributed by atoms with van der Waals surface area (Å²) in [7, 11) is 0. The number of aromatic carboxylic acids is 1. The summed E-state index contributed by atoms with van der Waals surface area (Å²) in [4.78, 5) is 10.8. The molecule has 1 aromatic rings. The number of hydrogen-bond donors (Lipinski definition) is 1. The van der Waals surface area contributed by atoms with Crippen molar-refractivity contribution >= 4 is 26.1 Å². The molecule has 5 heteroatoms. The Bertz CT molecular complexity index is 394. The second-order valence-corrected chi connectivity index (χ2v) is 6.32. The van der Waals surface area contributed by atoms with Crippen LogP contribution in [0, 0.1) is 11.6 Å². The molecule has 0 radical (unpaired) electrons. The first-order chi connectivity index (χ1) is 7.56. The zero-order chi connectivity index (χ0) is 12.1. The Labute approximate surface area is 99.4 Å². The minimum absolute atomic E-state index is 0.0880. The molecule has 1 atom stereocenters. The second-order valence-electron chi connectivity index (χ2n) is 3.40. The molecule has 0 saturated carbocycles. The molecule has 0 amide bonds. The van der Waals surface area contributed by atoms with E-state index < -0.39 is 33.4 Å². The van der Waals surface area contributed by atoms with Crippen molar-refractivity contribution in [3.05, 3.63) is 29.3 Å². The summed E-state index contributed by atoms with van der Waals surface area (Å²) in [6.45, 7) is 2.04. The minimum atomic E-state index is -1.19. The summed E-state index contributed by atoms with van der Waals surface area (Å²) in [5, 5.41) is 9.77. The summed E-state index contributed by atoms with van der Waals surface area (Å²) in [6, 6.07) is 1.82. The molecule has 1 N–H and O–H groups in total. The Morgan fingerprint density at radius 1 is 1.38 bits per heavy atom. The number of halogens is 2. The summed E-state index contributed by atoms with van der Waals surface area (Å²) in [5.74, 6) is -3.24. The van der Waals surface area contributed by atoms with Gasteiger partial charge >= 0.3 is 99.1 Å². The standard InChI is InChI=1S/C11H13AsF2O2/c1-2-3-4-12-8-6-10(14)9(13)5-7(8)11(15)16/h5-6,12H,2-4H2,1H3,(H,15,16). The molecule has 0 fully saturated rings. The van der Waals surface area contributed by atoms with Crippen LogP contribution in [0.3, 0.4) is 0 Å². The van der Waals surface area contributed by atoms with Gasteiger partial charge in [-0.15, -0.1) is 0 Å². The van der Waals surface area contributed by atoms with Crippen LogP contribution in [-0.4, -0.2) is 26.8 Å². The van der Waals surface area contributed by atoms with Crippen molar-refractivity contribution in [2.24, 2.45) is 0 Å². The molecule has 0 spiro atoms. The van der Waals surface area contributed by atoms with E-state index in [0.717, 1.165) is 30.2 Å². The third-order valence-electron chi connectivity index (χ3n) is 2.14. The molecular weight excluding hydrogens is 277 g/mol. The van der Waals surface area contributed by atoms with Crippen molar-refractivity contribution in [1.29, 1.82) is 0 Å². The van der Waals surface area contributed by atoms with Crippen molar-refractivity contribution in [3.8, 4) is 0 Å². The zero-order valence-electron chi connectivity index (χ0n) is 8.89. The molecule has 0 aliphatic carbocycles. The molecule has 88 valence electrons. The molecule has 0 aromatic heterocycles. The molecule has 0 bridgehead atoms. The van der Waals surface area contributed by atoms with Crippen LogP contribution in [0.25, 0.3) is 0 Å². The van der Waals surface area contributed by atoms with Crippen LogP contribution in [0.15, 0.2) is 12.1 Å². The topological polar surface area (TPSA) is 37.3 Å². The van der Waals surface area contributed by atoms with Gasteiger partial charge < -0.3 is 0 Å². The van der Waals surface area contributed by atoms with Gasteiger partial charge in [0, 0.05) is 0 Å². The van der Waals surface area contributed by atoms with E-state index in [1.54, 1.807) is 0 Å². The van der Waals surface area contributed by atoms with E-state index in [2.05, 4.69) is 0 Å². The molecular formula is C11H13AsF2O2. The fourth-order valence-electron chi connectivity index (χ4n) is 1.27. The maximum absolute atomic E-state index is 13.0. The van der Waals surface area contributed by atoms with Crippen molar-refractivity contribution in [1.82, 2.24) is 0 Å². The fourth-order valence-corrected chi connectivity index (χ4v) is 4.20. The van der Waals surface area contributed by atoms with Crippen LogP contribution < -0.4 is 4.35 Å². The number of benzene rings is 1. The second kappa shape index (κ2) is 6.00. The van der Waals surface area contributed by atoms with Crippen LogP contribution >= 0.6 is 0 Å². The number of carboxylic acid groups (broad SMARTS) is 1. The molecule has 2 nitrogen and oxygen atoms in total. The summed E-state index contributed by atoms with van der Waals surface area (Å²) in [6.07, 6.45) is 2.02. The van der Waals surface area contributed by atoms with E-state index in [1.807, 2.05) is 6.92 Å². The Balaban J connectivity index is 2.95. The SMILES string of the molecule is CCCC[AsH]c1cc(F)c(F)cc1C(=O)O. The first kappa shape index (κ1) is 13.2. The van der Waals surface area contributed by atoms with Crippen molar-refractivity contribution in [2.45, 2.75) is 25.0 Å². The van der Waals surface area contributed by atoms with E-state index >= 15 is 0 Å². The molecule has 1 rings (SSSR count). The molecule has 1 unspecified atom stereocenters. The van der Waals surface area contributed by atoms with Gasteiger partial charge in [0.15, 0.2) is 0 Å². The third-order valence-corrected chi connectivity index (χ3v) is 5.07. The summed E-state index contributed by atoms with van der Waals surface area (Å²) in [5.41, 5.74) is -0.0880. The number of unbranched alkanes of at least 4 members (excludes halogenated alkanes) is 1. The van der Waals surface area contributed by atoms with E-state index in [1.165, 1.54) is 0 Å². The number of rotatable bonds is 5. The van der Waals surface area contributed by atoms with Gasteiger partial charge in [-0.1, -0.05) is 0 Å². The Morgan fingerprint density at radius 2 is 2.00 bits per heavy atom. The van der Waals surface area contributed by atoms with E-state index in [-0.39, 0.29) is 5.56 Å². The Kier molecular flexibility index (Phi) is 4.94. The van der Waals surface area contributed by atoms with Crippen molar-refractivity contribution in [2.75, 3.05) is 0 Å². The van der Waals surface area contributed by atoms with Gasteiger partial charge in [0.25, 0.3) is 0 Å². The van der Waals surface area contributed by atoms with E-state index in [9.17, 15) is 13.6 Å². The van der Waals surface area contributed by atoms with Crippen molar-refractivity contribution in [3.63, 3.8) is 0 Å². The van der Waals surface area contributed by atoms with Crippen LogP contribution in [0.4, 0.5) is 8.78 Å². The summed E-state index contributed by atoms with van der Waals surface area (Å²) >= 11 is -0.691. The van der Waals surface area contributed by atoms with Gasteiger partial charge in [-0.25, -0.2) is 0 Å². The number of carbonyl (C=O) groups is 1. The molecule has 0 aliphatic rings. The summed E-state index contributed by atoms with van der Waals surface area (Å²) < 4.78 is 26.4. The van der Waals surface area contributed by atoms with E-state index in [4.69, 9.17) is 5.11 Å². The number of carboxylic acids is 1. The van der Waals surface area contributed by atoms with Gasteiger partial charge in [-0.3, -0.25) is 0 Å². The van der Waals surface area contributed by atoms with Gasteiger partial charge in [-0.05, 0) is 0 Å². The first-order valence-corrected chi connectivity index (χ1v) is 7.55. The monoisotopic (exact) mass is 290 g/mol. The predicted molar refractivity (Wildman–Crippen MR) is 59.8 cm³/mol. The maximum atomic E-state index is 13.0. The Morgan fingerprint density at radius 3 is 2.56 bits per heavy atom. The van der Waals surface area contributed by atoms with Crippen LogP contribution in [0.1, 0.15) is 30.1 Å². The van der Waals surface area contributed by atoms with Crippen LogP contribution in [0.5, 0.6) is 0 Å². The molecule has 0 aliphatic heterocycles. The normalized spacial score (nSPS) is 11.2. The number of hydrogen-bond acceptors (Lipinski definition) is 1. The van der Waals surface area contributed by atoms with Crippen LogP contribution in [0.2, 0.25) is 5.21 Å². The van der Waals surface area contributed by atoms with Crippen LogP contribution in [-0.2, 0) is 0 Å². The average Bonchev–Trinajstić information content (AvgIpc) is 2.23. The van der Waals surface area contributed by atoms with Gasteiger partial charge in [-0.2, -0.15) is 0 Å². The van der Waals surface area contributed by atoms with E-state index in [0.29, 0.717) is 4.35 Å². The quantitative estimate of drug-likeness (QED) is 0.664. The van der Waals surface area contributed by atoms with Gasteiger partial charge in [0.05, 0.1) is 0 Å². The first-order valence-electron chi connectivity index (χ1n) is 5.02. The fraction of sp³-hybridized carbons (Fsp3) is 0.364. The molecule has 1 aromatic carbocycles. The zero-order valence-corrected chi connectivity index (χ0v) is 11.0. The average molecular weight is 290 g/mol. The molecule has 0 heterocycles. The molecule has 0 saturated heterocycles. The van der Waals surface area contributed by atoms with Crippen molar-refractivity contribution < 1.29 is 18.7 Å². The predicted octanol–water partition coefficient (Wildman–Crippen LogP) is 1.94. The third kappa shape index (κ3) is 3.31. The van der Waals surface area contributed by atoms with Gasteiger partial charge in [0.2, 0.25) is 0 Å². The Hall–Kier alpha value is -0.892. The van der Waals surface area contributed by atoms with Gasteiger partial charge in [0.1, 0.15) is 0 Å².